The van der Waals surface area contributed by atoms with Crippen LogP contribution >= 0.6 is 0 Å². The number of aliphatic hydroxyl groups excluding tert-OH is 1. The lowest BCUT2D eigenvalue weighted by molar-refractivity contribution is -0.139. The molecule has 0 saturated heterocycles. The number of hydrogen-bond donors (Lipinski definition) is 7. The maximum absolute atomic E-state index is 10.2. The molecule has 0 radical (unpaired) electrons. The maximum Gasteiger partial charge on any atom is 0.320 e. The van der Waals surface area contributed by atoms with Crippen molar-refractivity contribution in [1.82, 2.24) is 5.32 Å². The van der Waals surface area contributed by atoms with Crippen molar-refractivity contribution in [2.75, 3.05) is 6.54 Å². The highest BCUT2D eigenvalue weighted by Crippen LogP contribution is 1.92. The molecular formula is C10H22N4O5. The fraction of sp³-hybridized carbons (Fsp3) is 0.700. The van der Waals surface area contributed by atoms with E-state index >= 15 is 0 Å². The summed E-state index contributed by atoms with van der Waals surface area (Å²) < 4.78 is 0. The van der Waals surface area contributed by atoms with Crippen molar-refractivity contribution in [1.29, 1.82) is 5.41 Å². The van der Waals surface area contributed by atoms with Crippen LogP contribution in [0.5, 0.6) is 0 Å². The Labute approximate surface area is 111 Å². The van der Waals surface area contributed by atoms with Crippen LogP contribution in [0, 0.1) is 5.41 Å². The SMILES string of the molecule is CC(O)CC(=O)O.N=C(N)NCCCC(N)C(=O)O. The van der Waals surface area contributed by atoms with Crippen LogP contribution in [0.4, 0.5) is 0 Å². The van der Waals surface area contributed by atoms with E-state index in [9.17, 15) is 9.59 Å². The van der Waals surface area contributed by atoms with Crippen molar-refractivity contribution in [3.8, 4) is 0 Å². The summed E-state index contributed by atoms with van der Waals surface area (Å²) in [5, 5.41) is 34.0. The van der Waals surface area contributed by atoms with Crippen molar-refractivity contribution in [3.63, 3.8) is 0 Å². The van der Waals surface area contributed by atoms with Gasteiger partial charge in [0.05, 0.1) is 12.5 Å². The Hall–Kier alpha value is -1.87. The topological polar surface area (TPSA) is 183 Å². The van der Waals surface area contributed by atoms with Crippen molar-refractivity contribution in [3.05, 3.63) is 0 Å². The summed E-state index contributed by atoms with van der Waals surface area (Å²) >= 11 is 0. The monoisotopic (exact) mass is 278 g/mol. The maximum atomic E-state index is 10.2. The smallest absolute Gasteiger partial charge is 0.320 e. The Bertz CT molecular complexity index is 296. The first-order valence-electron chi connectivity index (χ1n) is 5.63. The molecule has 19 heavy (non-hydrogen) atoms. The summed E-state index contributed by atoms with van der Waals surface area (Å²) in [5.41, 5.74) is 10.2. The molecule has 2 atom stereocenters. The number of rotatable bonds is 7. The van der Waals surface area contributed by atoms with E-state index in [1.807, 2.05) is 0 Å². The van der Waals surface area contributed by atoms with Gasteiger partial charge in [-0.05, 0) is 19.8 Å². The van der Waals surface area contributed by atoms with Crippen molar-refractivity contribution < 1.29 is 24.9 Å². The van der Waals surface area contributed by atoms with Crippen LogP contribution in [0.3, 0.4) is 0 Å². The number of carboxylic acids is 2. The van der Waals surface area contributed by atoms with Crippen LogP contribution in [-0.4, -0.2) is 51.9 Å². The fourth-order valence-electron chi connectivity index (χ4n) is 0.921. The minimum Gasteiger partial charge on any atom is -0.481 e. The molecule has 0 bridgehead atoms. The van der Waals surface area contributed by atoms with Gasteiger partial charge in [-0.2, -0.15) is 0 Å². The standard InChI is InChI=1S/C6H14N4O2.C4H8O3/c7-4(5(11)12)2-1-3-10-6(8)9;1-3(5)2-4(6)7/h4H,1-3,7H2,(H,11,12)(H4,8,9,10);3,5H,2H2,1H3,(H,6,7). The van der Waals surface area contributed by atoms with Crippen LogP contribution in [-0.2, 0) is 9.59 Å². The molecule has 0 aliphatic carbocycles. The molecule has 0 saturated carbocycles. The predicted octanol–water partition coefficient (Wildman–Crippen LogP) is -1.50. The molecule has 9 N–H and O–H groups in total. The zero-order valence-corrected chi connectivity index (χ0v) is 10.8. The number of aliphatic carboxylic acids is 2. The lowest BCUT2D eigenvalue weighted by Gasteiger charge is -2.06. The Morgan fingerprint density at radius 2 is 1.89 bits per heavy atom. The lowest BCUT2D eigenvalue weighted by atomic mass is 10.2. The van der Waals surface area contributed by atoms with Crippen LogP contribution in [0.2, 0.25) is 0 Å². The normalized spacial score (nSPS) is 12.6. The van der Waals surface area contributed by atoms with Gasteiger partial charge >= 0.3 is 11.9 Å². The molecule has 112 valence electrons. The number of guanidine groups is 1. The van der Waals surface area contributed by atoms with Gasteiger partial charge < -0.3 is 32.1 Å². The third-order valence-electron chi connectivity index (χ3n) is 1.79. The van der Waals surface area contributed by atoms with E-state index in [-0.39, 0.29) is 12.4 Å². The molecule has 0 fully saturated rings. The predicted molar refractivity (Wildman–Crippen MR) is 68.7 cm³/mol. The number of carboxylic acid groups (broad SMARTS) is 2. The molecule has 0 aromatic heterocycles. The molecule has 0 heterocycles. The van der Waals surface area contributed by atoms with E-state index in [0.29, 0.717) is 19.4 Å². The number of nitrogens with two attached hydrogens (primary N) is 2. The summed E-state index contributed by atoms with van der Waals surface area (Å²) in [4.78, 5) is 19.9. The molecular weight excluding hydrogens is 256 g/mol. The third kappa shape index (κ3) is 18.7. The Kier molecular flexibility index (Phi) is 11.5. The van der Waals surface area contributed by atoms with Gasteiger partial charge in [0.25, 0.3) is 0 Å². The number of hydrogen-bond acceptors (Lipinski definition) is 5. The quantitative estimate of drug-likeness (QED) is 0.167. The first-order chi connectivity index (χ1) is 8.66. The highest BCUT2D eigenvalue weighted by atomic mass is 16.4. The van der Waals surface area contributed by atoms with Gasteiger partial charge in [-0.15, -0.1) is 0 Å². The van der Waals surface area contributed by atoms with E-state index in [1.54, 1.807) is 0 Å². The first kappa shape index (κ1) is 19.5. The molecule has 0 spiro atoms. The largest absolute Gasteiger partial charge is 0.481 e. The molecule has 2 unspecified atom stereocenters. The zero-order chi connectivity index (χ0) is 15.4. The average Bonchev–Trinajstić information content (AvgIpc) is 2.22. The summed E-state index contributed by atoms with van der Waals surface area (Å²) in [7, 11) is 0. The molecule has 9 heteroatoms. The van der Waals surface area contributed by atoms with Gasteiger partial charge in [-0.25, -0.2) is 0 Å². The molecule has 0 aromatic carbocycles. The minimum absolute atomic E-state index is 0.112. The van der Waals surface area contributed by atoms with Gasteiger partial charge in [-0.3, -0.25) is 15.0 Å². The van der Waals surface area contributed by atoms with E-state index < -0.39 is 24.1 Å². The van der Waals surface area contributed by atoms with E-state index in [4.69, 9.17) is 32.2 Å². The van der Waals surface area contributed by atoms with Gasteiger partial charge in [0, 0.05) is 6.54 Å². The minimum atomic E-state index is -1.00. The zero-order valence-electron chi connectivity index (χ0n) is 10.8. The van der Waals surface area contributed by atoms with Crippen LogP contribution in [0.25, 0.3) is 0 Å². The first-order valence-corrected chi connectivity index (χ1v) is 5.63. The molecule has 0 aliphatic rings. The molecule has 9 nitrogen and oxygen atoms in total. The number of aliphatic hydroxyl groups is 1. The Balaban J connectivity index is 0. The van der Waals surface area contributed by atoms with Crippen LogP contribution in [0.1, 0.15) is 26.2 Å². The number of carbonyl (C=O) groups is 2. The van der Waals surface area contributed by atoms with E-state index in [2.05, 4.69) is 5.32 Å². The average molecular weight is 278 g/mol. The van der Waals surface area contributed by atoms with E-state index in [1.165, 1.54) is 6.92 Å². The Morgan fingerprint density at radius 1 is 1.37 bits per heavy atom. The van der Waals surface area contributed by atoms with Crippen molar-refractivity contribution in [2.45, 2.75) is 38.3 Å². The second-order valence-corrected chi connectivity index (χ2v) is 3.87. The van der Waals surface area contributed by atoms with Gasteiger partial charge in [0.15, 0.2) is 5.96 Å². The molecule has 0 amide bonds. The second kappa shape index (κ2) is 11.2. The fourth-order valence-corrected chi connectivity index (χ4v) is 0.921. The molecule has 0 aliphatic heterocycles. The van der Waals surface area contributed by atoms with Crippen molar-refractivity contribution in [2.24, 2.45) is 11.5 Å². The molecule has 0 rings (SSSR count). The summed E-state index contributed by atoms with van der Waals surface area (Å²) in [5.74, 6) is -2.08. The Morgan fingerprint density at radius 3 is 2.16 bits per heavy atom. The highest BCUT2D eigenvalue weighted by molar-refractivity contribution is 5.74. The molecule has 0 aromatic rings. The summed E-state index contributed by atoms with van der Waals surface area (Å²) in [6.45, 7) is 1.92. The summed E-state index contributed by atoms with van der Waals surface area (Å²) in [6, 6.07) is -0.821. The second-order valence-electron chi connectivity index (χ2n) is 3.87. The highest BCUT2D eigenvalue weighted by Gasteiger charge is 2.09. The van der Waals surface area contributed by atoms with Crippen LogP contribution in [0.15, 0.2) is 0 Å². The van der Waals surface area contributed by atoms with Gasteiger partial charge in [0.1, 0.15) is 6.04 Å². The lowest BCUT2D eigenvalue weighted by Crippen LogP contribution is -2.34. The van der Waals surface area contributed by atoms with Gasteiger partial charge in [0.2, 0.25) is 0 Å². The number of nitrogens with one attached hydrogen (secondary N) is 2. The summed E-state index contributed by atoms with van der Waals surface area (Å²) in [6.07, 6.45) is 0.0837. The van der Waals surface area contributed by atoms with E-state index in [0.717, 1.165) is 0 Å². The van der Waals surface area contributed by atoms with Crippen molar-refractivity contribution >= 4 is 17.9 Å². The van der Waals surface area contributed by atoms with Gasteiger partial charge in [-0.1, -0.05) is 0 Å². The van der Waals surface area contributed by atoms with Crippen LogP contribution < -0.4 is 16.8 Å². The third-order valence-corrected chi connectivity index (χ3v) is 1.79.